The molecule has 2 heteroatoms. The first-order valence-corrected chi connectivity index (χ1v) is 8.24. The molecule has 21 heavy (non-hydrogen) atoms. The Labute approximate surface area is 129 Å². The maximum absolute atomic E-state index is 2.44. The molecule has 1 aliphatic rings. The van der Waals surface area contributed by atoms with Crippen LogP contribution in [-0.2, 0) is 12.0 Å². The summed E-state index contributed by atoms with van der Waals surface area (Å²) in [5.41, 5.74) is 3.05. The first-order valence-electron chi connectivity index (χ1n) is 7.43. The van der Waals surface area contributed by atoms with E-state index in [4.69, 9.17) is 0 Å². The van der Waals surface area contributed by atoms with Crippen LogP contribution >= 0.6 is 11.3 Å². The van der Waals surface area contributed by atoms with Crippen LogP contribution in [0.2, 0.25) is 0 Å². The molecular formula is C19H19NS. The molecule has 1 aliphatic heterocycles. The van der Waals surface area contributed by atoms with Gasteiger partial charge in [-0.2, -0.15) is 0 Å². The zero-order chi connectivity index (χ0) is 14.4. The number of nitrogens with zero attached hydrogens (tertiary/aromatic N) is 1. The van der Waals surface area contributed by atoms with Crippen LogP contribution < -0.4 is 0 Å². The van der Waals surface area contributed by atoms with E-state index in [2.05, 4.69) is 73.5 Å². The standard InChI is InChI=1S/C19H19NS/c1-19(18-11-14-7-4-6-10-17(14)21-18)13-20(2)12-15-8-3-5-9-16(15)19/h3-11H,12-13H2,1-2H3. The molecule has 1 nitrogen and oxygen atoms in total. The van der Waals surface area contributed by atoms with E-state index >= 15 is 0 Å². The summed E-state index contributed by atoms with van der Waals surface area (Å²) in [6, 6.07) is 20.0. The predicted octanol–water partition coefficient (Wildman–Crippen LogP) is 4.65. The molecule has 3 aromatic rings. The van der Waals surface area contributed by atoms with Crippen LogP contribution in [0.1, 0.15) is 22.9 Å². The molecule has 0 spiro atoms. The van der Waals surface area contributed by atoms with Gasteiger partial charge in [0.15, 0.2) is 0 Å². The molecule has 0 saturated carbocycles. The van der Waals surface area contributed by atoms with Gasteiger partial charge in [-0.15, -0.1) is 11.3 Å². The highest BCUT2D eigenvalue weighted by molar-refractivity contribution is 7.19. The Hall–Kier alpha value is -1.64. The maximum Gasteiger partial charge on any atom is 0.0399 e. The van der Waals surface area contributed by atoms with Gasteiger partial charge in [-0.25, -0.2) is 0 Å². The van der Waals surface area contributed by atoms with Crippen LogP contribution in [0.5, 0.6) is 0 Å². The number of hydrogen-bond acceptors (Lipinski definition) is 2. The van der Waals surface area contributed by atoms with E-state index in [0.29, 0.717) is 0 Å². The van der Waals surface area contributed by atoms with E-state index in [1.165, 1.54) is 26.1 Å². The number of hydrogen-bond donors (Lipinski definition) is 0. The summed E-state index contributed by atoms with van der Waals surface area (Å²) < 4.78 is 1.39. The van der Waals surface area contributed by atoms with Crippen molar-refractivity contribution in [3.63, 3.8) is 0 Å². The second kappa shape index (κ2) is 4.69. The average Bonchev–Trinajstić information content (AvgIpc) is 2.91. The topological polar surface area (TPSA) is 3.24 Å². The van der Waals surface area contributed by atoms with Gasteiger partial charge in [0.2, 0.25) is 0 Å². The highest BCUT2D eigenvalue weighted by Crippen LogP contribution is 2.43. The Bertz CT molecular complexity index is 771. The van der Waals surface area contributed by atoms with E-state index in [1.54, 1.807) is 0 Å². The van der Waals surface area contributed by atoms with Gasteiger partial charge in [0.05, 0.1) is 0 Å². The predicted molar refractivity (Wildman–Crippen MR) is 91.1 cm³/mol. The quantitative estimate of drug-likeness (QED) is 0.631. The fraction of sp³-hybridized carbons (Fsp3) is 0.263. The highest BCUT2D eigenvalue weighted by atomic mass is 32.1. The van der Waals surface area contributed by atoms with Crippen LogP contribution in [0.25, 0.3) is 10.1 Å². The van der Waals surface area contributed by atoms with E-state index in [9.17, 15) is 0 Å². The molecule has 1 aromatic heterocycles. The fourth-order valence-corrected chi connectivity index (χ4v) is 4.85. The molecule has 106 valence electrons. The van der Waals surface area contributed by atoms with E-state index < -0.39 is 0 Å². The minimum atomic E-state index is 0.0906. The van der Waals surface area contributed by atoms with Gasteiger partial charge in [0.1, 0.15) is 0 Å². The van der Waals surface area contributed by atoms with Gasteiger partial charge < -0.3 is 4.90 Å². The van der Waals surface area contributed by atoms with Crippen molar-refractivity contribution in [1.82, 2.24) is 4.90 Å². The second-order valence-corrected chi connectivity index (χ2v) is 7.39. The zero-order valence-corrected chi connectivity index (χ0v) is 13.3. The van der Waals surface area contributed by atoms with Crippen LogP contribution in [0, 0.1) is 0 Å². The van der Waals surface area contributed by atoms with Crippen molar-refractivity contribution >= 4 is 21.4 Å². The summed E-state index contributed by atoms with van der Waals surface area (Å²) >= 11 is 1.94. The Balaban J connectivity index is 1.93. The number of likely N-dealkylation sites (N-methyl/N-ethyl adjacent to an activating group) is 1. The first-order chi connectivity index (χ1) is 10.2. The summed E-state index contributed by atoms with van der Waals surface area (Å²) in [6.07, 6.45) is 0. The van der Waals surface area contributed by atoms with Gasteiger partial charge in [-0.05, 0) is 42.6 Å². The first kappa shape index (κ1) is 13.1. The minimum Gasteiger partial charge on any atom is -0.301 e. The van der Waals surface area contributed by atoms with Crippen molar-refractivity contribution in [2.45, 2.75) is 18.9 Å². The number of benzene rings is 2. The van der Waals surface area contributed by atoms with E-state index in [0.717, 1.165) is 13.1 Å². The van der Waals surface area contributed by atoms with Gasteiger partial charge in [-0.3, -0.25) is 0 Å². The monoisotopic (exact) mass is 293 g/mol. The molecule has 0 bridgehead atoms. The van der Waals surface area contributed by atoms with Crippen molar-refractivity contribution < 1.29 is 0 Å². The lowest BCUT2D eigenvalue weighted by Gasteiger charge is -2.40. The summed E-state index contributed by atoms with van der Waals surface area (Å²) in [6.45, 7) is 4.53. The SMILES string of the molecule is CN1Cc2ccccc2C(C)(c2cc3ccccc3s2)C1. The van der Waals surface area contributed by atoms with Crippen molar-refractivity contribution in [3.05, 3.63) is 70.6 Å². The maximum atomic E-state index is 2.44. The number of thiophene rings is 1. The second-order valence-electron chi connectivity index (χ2n) is 6.31. The molecule has 0 aliphatic carbocycles. The molecule has 1 unspecified atom stereocenters. The smallest absolute Gasteiger partial charge is 0.0399 e. The lowest BCUT2D eigenvalue weighted by atomic mass is 9.75. The van der Waals surface area contributed by atoms with Crippen LogP contribution in [0.3, 0.4) is 0 Å². The largest absolute Gasteiger partial charge is 0.301 e. The molecule has 0 amide bonds. The van der Waals surface area contributed by atoms with Gasteiger partial charge >= 0.3 is 0 Å². The lowest BCUT2D eigenvalue weighted by Crippen LogP contribution is -2.42. The Morgan fingerprint density at radius 3 is 2.67 bits per heavy atom. The average molecular weight is 293 g/mol. The van der Waals surface area contributed by atoms with Crippen LogP contribution in [0.4, 0.5) is 0 Å². The Morgan fingerprint density at radius 1 is 1.05 bits per heavy atom. The minimum absolute atomic E-state index is 0.0906. The molecule has 0 radical (unpaired) electrons. The highest BCUT2D eigenvalue weighted by Gasteiger charge is 2.37. The molecule has 0 N–H and O–H groups in total. The third-order valence-electron chi connectivity index (χ3n) is 4.61. The van der Waals surface area contributed by atoms with E-state index in [-0.39, 0.29) is 5.41 Å². The molecular weight excluding hydrogens is 274 g/mol. The Morgan fingerprint density at radius 2 is 1.81 bits per heavy atom. The lowest BCUT2D eigenvalue weighted by molar-refractivity contribution is 0.250. The van der Waals surface area contributed by atoms with Crippen molar-refractivity contribution in [2.75, 3.05) is 13.6 Å². The molecule has 1 atom stereocenters. The molecule has 0 saturated heterocycles. The third kappa shape index (κ3) is 2.02. The third-order valence-corrected chi connectivity index (χ3v) is 5.99. The number of fused-ring (bicyclic) bond motifs is 2. The van der Waals surface area contributed by atoms with Gasteiger partial charge in [-0.1, -0.05) is 42.5 Å². The van der Waals surface area contributed by atoms with Crippen molar-refractivity contribution in [1.29, 1.82) is 0 Å². The molecule has 0 fully saturated rings. The van der Waals surface area contributed by atoms with Gasteiger partial charge in [0.25, 0.3) is 0 Å². The normalized spacial score (nSPS) is 22.4. The van der Waals surface area contributed by atoms with Gasteiger partial charge in [0, 0.05) is 28.1 Å². The summed E-state index contributed by atoms with van der Waals surface area (Å²) in [5, 5.41) is 1.37. The molecule has 4 rings (SSSR count). The molecule has 2 heterocycles. The van der Waals surface area contributed by atoms with Crippen molar-refractivity contribution in [3.8, 4) is 0 Å². The van der Waals surface area contributed by atoms with Crippen molar-refractivity contribution in [2.24, 2.45) is 0 Å². The van der Waals surface area contributed by atoms with Crippen LogP contribution in [-0.4, -0.2) is 18.5 Å². The summed E-state index contributed by atoms with van der Waals surface area (Å²) in [7, 11) is 2.22. The molecule has 2 aromatic carbocycles. The summed E-state index contributed by atoms with van der Waals surface area (Å²) in [4.78, 5) is 3.91. The summed E-state index contributed by atoms with van der Waals surface area (Å²) in [5.74, 6) is 0. The van der Waals surface area contributed by atoms with E-state index in [1.807, 2.05) is 11.3 Å². The fourth-order valence-electron chi connectivity index (χ4n) is 3.63. The Kier molecular flexibility index (Phi) is 2.91. The zero-order valence-electron chi connectivity index (χ0n) is 12.5. The number of rotatable bonds is 1. The van der Waals surface area contributed by atoms with Crippen LogP contribution in [0.15, 0.2) is 54.6 Å².